The van der Waals surface area contributed by atoms with Crippen molar-refractivity contribution in [2.24, 2.45) is 0 Å². The van der Waals surface area contributed by atoms with Crippen molar-refractivity contribution in [3.8, 4) is 6.07 Å². The number of methoxy groups -OCH3 is 1. The van der Waals surface area contributed by atoms with Crippen LogP contribution in [0.4, 0.5) is 16.2 Å². The third-order valence-electron chi connectivity index (χ3n) is 4.92. The van der Waals surface area contributed by atoms with Gasteiger partial charge in [0.15, 0.2) is 9.84 Å². The van der Waals surface area contributed by atoms with Crippen LogP contribution in [-0.2, 0) is 19.4 Å². The summed E-state index contributed by atoms with van der Waals surface area (Å²) in [6, 6.07) is 14.4. The Labute approximate surface area is 175 Å². The molecule has 0 saturated carbocycles. The fourth-order valence-corrected chi connectivity index (χ4v) is 4.38. The Bertz CT molecular complexity index is 1110. The van der Waals surface area contributed by atoms with E-state index >= 15 is 0 Å². The minimum Gasteiger partial charge on any atom is -0.469 e. The van der Waals surface area contributed by atoms with Crippen molar-refractivity contribution >= 4 is 33.2 Å². The first-order valence-corrected chi connectivity index (χ1v) is 11.1. The maximum atomic E-state index is 13.3. The molecule has 1 saturated heterocycles. The lowest BCUT2D eigenvalue weighted by Gasteiger charge is -2.23. The zero-order chi connectivity index (χ0) is 21.9. The molecule has 1 heterocycles. The second kappa shape index (κ2) is 8.55. The maximum Gasteiger partial charge on any atom is 0.329 e. The molecule has 1 atom stereocenters. The first kappa shape index (κ1) is 21.3. The number of anilines is 2. The van der Waals surface area contributed by atoms with Gasteiger partial charge in [0.05, 0.1) is 35.4 Å². The van der Waals surface area contributed by atoms with Crippen molar-refractivity contribution in [1.82, 2.24) is 0 Å². The molecule has 3 rings (SSSR count). The first-order chi connectivity index (χ1) is 14.3. The standard InChI is InChI=1S/C21H21N3O5S/c1-29-20(25)11-9-17-14-23(21(26)24(17)16-6-4-3-5-7-16)18-10-8-15(13-22)12-19(18)30(2,27)28/h3-8,10,12,17H,9,11,14H2,1-2H3. The lowest BCUT2D eigenvalue weighted by molar-refractivity contribution is -0.140. The number of benzene rings is 2. The highest BCUT2D eigenvalue weighted by Gasteiger charge is 2.40. The van der Waals surface area contributed by atoms with E-state index in [0.717, 1.165) is 6.26 Å². The number of hydrogen-bond donors (Lipinski definition) is 0. The fourth-order valence-electron chi connectivity index (χ4n) is 3.48. The zero-order valence-electron chi connectivity index (χ0n) is 16.6. The summed E-state index contributed by atoms with van der Waals surface area (Å²) in [5.41, 5.74) is 1.05. The molecule has 9 heteroatoms. The van der Waals surface area contributed by atoms with Gasteiger partial charge in [-0.25, -0.2) is 13.2 Å². The Morgan fingerprint density at radius 2 is 1.93 bits per heavy atom. The van der Waals surface area contributed by atoms with E-state index in [-0.39, 0.29) is 41.1 Å². The van der Waals surface area contributed by atoms with Crippen molar-refractivity contribution in [2.45, 2.75) is 23.8 Å². The van der Waals surface area contributed by atoms with Crippen LogP contribution in [0.5, 0.6) is 0 Å². The fraction of sp³-hybridized carbons (Fsp3) is 0.286. The van der Waals surface area contributed by atoms with Gasteiger partial charge >= 0.3 is 12.0 Å². The molecular weight excluding hydrogens is 406 g/mol. The molecule has 0 bridgehead atoms. The SMILES string of the molecule is COC(=O)CCC1CN(c2ccc(C#N)cc2S(C)(=O)=O)C(=O)N1c1ccccc1. The highest BCUT2D eigenvalue weighted by molar-refractivity contribution is 7.90. The normalized spacial score (nSPS) is 16.4. The quantitative estimate of drug-likeness (QED) is 0.656. The van der Waals surface area contributed by atoms with Crippen LogP contribution in [-0.4, -0.2) is 46.4 Å². The molecular formula is C21H21N3O5S. The average molecular weight is 427 g/mol. The highest BCUT2D eigenvalue weighted by atomic mass is 32.2. The Hall–Kier alpha value is -3.38. The predicted molar refractivity (Wildman–Crippen MR) is 111 cm³/mol. The molecule has 1 aliphatic heterocycles. The predicted octanol–water partition coefficient (Wildman–Crippen LogP) is 2.73. The maximum absolute atomic E-state index is 13.3. The van der Waals surface area contributed by atoms with Crippen molar-refractivity contribution in [3.05, 3.63) is 54.1 Å². The van der Waals surface area contributed by atoms with E-state index < -0.39 is 15.9 Å². The number of sulfone groups is 1. The zero-order valence-corrected chi connectivity index (χ0v) is 17.4. The van der Waals surface area contributed by atoms with Crippen LogP contribution in [0.15, 0.2) is 53.4 Å². The van der Waals surface area contributed by atoms with E-state index in [1.54, 1.807) is 29.2 Å². The minimum absolute atomic E-state index is 0.0865. The van der Waals surface area contributed by atoms with Crippen LogP contribution in [0.3, 0.4) is 0 Å². The lowest BCUT2D eigenvalue weighted by atomic mass is 10.1. The van der Waals surface area contributed by atoms with Crippen molar-refractivity contribution in [1.29, 1.82) is 5.26 Å². The molecule has 0 N–H and O–H groups in total. The number of carbonyl (C=O) groups is 2. The second-order valence-electron chi connectivity index (χ2n) is 6.93. The van der Waals surface area contributed by atoms with E-state index in [4.69, 9.17) is 10.00 Å². The molecule has 2 aromatic rings. The van der Waals surface area contributed by atoms with Crippen LogP contribution < -0.4 is 9.80 Å². The number of nitrogens with zero attached hydrogens (tertiary/aromatic N) is 3. The topological polar surface area (TPSA) is 108 Å². The van der Waals surface area contributed by atoms with Crippen LogP contribution in [0, 0.1) is 11.3 Å². The molecule has 0 aromatic heterocycles. The number of rotatable bonds is 6. The average Bonchev–Trinajstić information content (AvgIpc) is 3.07. The molecule has 2 amide bonds. The van der Waals surface area contributed by atoms with Gasteiger partial charge in [-0.3, -0.25) is 14.6 Å². The smallest absolute Gasteiger partial charge is 0.329 e. The number of esters is 1. The minimum atomic E-state index is -3.69. The van der Waals surface area contributed by atoms with Crippen molar-refractivity contribution in [3.63, 3.8) is 0 Å². The van der Waals surface area contributed by atoms with Crippen molar-refractivity contribution in [2.75, 3.05) is 29.7 Å². The summed E-state index contributed by atoms with van der Waals surface area (Å²) in [5, 5.41) is 9.14. The molecule has 1 unspecified atom stereocenters. The molecule has 156 valence electrons. The summed E-state index contributed by atoms with van der Waals surface area (Å²) in [6.45, 7) is 0.194. The van der Waals surface area contributed by atoms with E-state index in [0.29, 0.717) is 12.1 Å². The first-order valence-electron chi connectivity index (χ1n) is 9.23. The van der Waals surface area contributed by atoms with Gasteiger partial charge < -0.3 is 4.74 Å². The van der Waals surface area contributed by atoms with E-state index in [1.807, 2.05) is 12.1 Å². The van der Waals surface area contributed by atoms with E-state index in [9.17, 15) is 18.0 Å². The Kier molecular flexibility index (Phi) is 6.08. The van der Waals surface area contributed by atoms with Gasteiger partial charge in [-0.2, -0.15) is 5.26 Å². The third-order valence-corrected chi connectivity index (χ3v) is 6.04. The third kappa shape index (κ3) is 4.28. The number of carbonyl (C=O) groups excluding carboxylic acids is 2. The van der Waals surface area contributed by atoms with Crippen LogP contribution in [0.1, 0.15) is 18.4 Å². The molecule has 30 heavy (non-hydrogen) atoms. The number of ether oxygens (including phenoxy) is 1. The molecule has 0 aliphatic carbocycles. The number of urea groups is 1. The molecule has 8 nitrogen and oxygen atoms in total. The van der Waals surface area contributed by atoms with Gasteiger partial charge in [0.2, 0.25) is 0 Å². The number of amides is 2. The number of hydrogen-bond acceptors (Lipinski definition) is 6. The van der Waals surface area contributed by atoms with Gasteiger partial charge in [-0.05, 0) is 36.8 Å². The molecule has 0 radical (unpaired) electrons. The molecule has 1 fully saturated rings. The summed E-state index contributed by atoms with van der Waals surface area (Å²) in [7, 11) is -2.39. The van der Waals surface area contributed by atoms with Crippen LogP contribution in [0.25, 0.3) is 0 Å². The van der Waals surface area contributed by atoms with Crippen molar-refractivity contribution < 1.29 is 22.7 Å². The van der Waals surface area contributed by atoms with Gasteiger partial charge in [0, 0.05) is 24.9 Å². The van der Waals surface area contributed by atoms with Crippen LogP contribution >= 0.6 is 0 Å². The van der Waals surface area contributed by atoms with Gasteiger partial charge in [-0.15, -0.1) is 0 Å². The largest absolute Gasteiger partial charge is 0.469 e. The van der Waals surface area contributed by atoms with E-state index in [2.05, 4.69) is 0 Å². The summed E-state index contributed by atoms with van der Waals surface area (Å²) in [6.07, 6.45) is 1.52. The summed E-state index contributed by atoms with van der Waals surface area (Å²) in [5.74, 6) is -0.385. The van der Waals surface area contributed by atoms with Gasteiger partial charge in [0.25, 0.3) is 0 Å². The number of nitriles is 1. The summed E-state index contributed by atoms with van der Waals surface area (Å²) < 4.78 is 29.4. The Morgan fingerprint density at radius 1 is 1.23 bits per heavy atom. The van der Waals surface area contributed by atoms with E-state index in [1.165, 1.54) is 30.2 Å². The second-order valence-corrected chi connectivity index (χ2v) is 8.92. The number of para-hydroxylation sites is 1. The van der Waals surface area contributed by atoms with Crippen LogP contribution in [0.2, 0.25) is 0 Å². The molecule has 0 spiro atoms. The highest BCUT2D eigenvalue weighted by Crippen LogP contribution is 2.34. The lowest BCUT2D eigenvalue weighted by Crippen LogP contribution is -2.35. The van der Waals surface area contributed by atoms with Gasteiger partial charge in [0.1, 0.15) is 0 Å². The monoisotopic (exact) mass is 427 g/mol. The molecule has 2 aromatic carbocycles. The summed E-state index contributed by atoms with van der Waals surface area (Å²) in [4.78, 5) is 27.8. The molecule has 1 aliphatic rings. The van der Waals surface area contributed by atoms with Gasteiger partial charge in [-0.1, -0.05) is 18.2 Å². The Balaban J connectivity index is 2.04. The summed E-state index contributed by atoms with van der Waals surface area (Å²) >= 11 is 0. The Morgan fingerprint density at radius 3 is 2.53 bits per heavy atom.